The SMILES string of the molecule is CCCCCCCCCCOC(=O)C1CCOC1=O. The summed E-state index contributed by atoms with van der Waals surface area (Å²) in [5.41, 5.74) is 0. The van der Waals surface area contributed by atoms with E-state index in [4.69, 9.17) is 9.47 Å². The molecule has 1 fully saturated rings. The van der Waals surface area contributed by atoms with Crippen LogP contribution in [-0.2, 0) is 19.1 Å². The Labute approximate surface area is 115 Å². The van der Waals surface area contributed by atoms with E-state index < -0.39 is 17.9 Å². The van der Waals surface area contributed by atoms with Crippen molar-refractivity contribution in [3.63, 3.8) is 0 Å². The van der Waals surface area contributed by atoms with E-state index in [1.807, 2.05) is 0 Å². The molecular formula is C15H26O4. The van der Waals surface area contributed by atoms with Gasteiger partial charge in [0.1, 0.15) is 0 Å². The van der Waals surface area contributed by atoms with Gasteiger partial charge in [-0.1, -0.05) is 51.9 Å². The standard InChI is InChI=1S/C15H26O4/c1-2-3-4-5-6-7-8-9-11-18-14(16)13-10-12-19-15(13)17/h13H,2-12H2,1H3. The molecule has 110 valence electrons. The molecule has 1 aliphatic rings. The first-order chi connectivity index (χ1) is 9.25. The van der Waals surface area contributed by atoms with Crippen LogP contribution in [0.4, 0.5) is 0 Å². The van der Waals surface area contributed by atoms with Gasteiger partial charge in [-0.25, -0.2) is 0 Å². The Morgan fingerprint density at radius 3 is 2.37 bits per heavy atom. The number of ether oxygens (including phenoxy) is 2. The molecule has 1 saturated heterocycles. The zero-order valence-corrected chi connectivity index (χ0v) is 12.0. The minimum Gasteiger partial charge on any atom is -0.465 e. The van der Waals surface area contributed by atoms with Crippen molar-refractivity contribution in [2.45, 2.75) is 64.7 Å². The van der Waals surface area contributed by atoms with E-state index in [-0.39, 0.29) is 0 Å². The van der Waals surface area contributed by atoms with Gasteiger partial charge in [-0.3, -0.25) is 9.59 Å². The molecule has 4 heteroatoms. The number of cyclic esters (lactones) is 1. The number of carbonyl (C=O) groups is 2. The summed E-state index contributed by atoms with van der Waals surface area (Å²) in [6.45, 7) is 2.99. The van der Waals surface area contributed by atoms with Gasteiger partial charge in [0.15, 0.2) is 5.92 Å². The summed E-state index contributed by atoms with van der Waals surface area (Å²) in [7, 11) is 0. The third-order valence-corrected chi connectivity index (χ3v) is 3.46. The Kier molecular flexibility index (Phi) is 8.26. The van der Waals surface area contributed by atoms with Gasteiger partial charge < -0.3 is 9.47 Å². The van der Waals surface area contributed by atoms with Crippen molar-refractivity contribution in [3.8, 4) is 0 Å². The fourth-order valence-corrected chi connectivity index (χ4v) is 2.22. The van der Waals surface area contributed by atoms with E-state index in [1.54, 1.807) is 0 Å². The fourth-order valence-electron chi connectivity index (χ4n) is 2.22. The highest BCUT2D eigenvalue weighted by Crippen LogP contribution is 2.16. The van der Waals surface area contributed by atoms with Crippen LogP contribution >= 0.6 is 0 Å². The summed E-state index contributed by atoms with van der Waals surface area (Å²) in [6, 6.07) is 0. The zero-order valence-electron chi connectivity index (χ0n) is 12.0. The van der Waals surface area contributed by atoms with Crippen molar-refractivity contribution in [1.82, 2.24) is 0 Å². The molecule has 1 heterocycles. The Bertz CT molecular complexity index is 275. The molecule has 0 amide bonds. The molecule has 1 aliphatic heterocycles. The van der Waals surface area contributed by atoms with Gasteiger partial charge in [0.25, 0.3) is 0 Å². The molecule has 1 rings (SSSR count). The number of unbranched alkanes of at least 4 members (excludes halogenated alkanes) is 7. The number of carbonyl (C=O) groups excluding carboxylic acids is 2. The Morgan fingerprint density at radius 2 is 1.79 bits per heavy atom. The first kappa shape index (κ1) is 16.0. The molecule has 0 aromatic heterocycles. The van der Waals surface area contributed by atoms with Crippen LogP contribution in [0, 0.1) is 5.92 Å². The average Bonchev–Trinajstić information content (AvgIpc) is 2.83. The second-order valence-corrected chi connectivity index (χ2v) is 5.15. The summed E-state index contributed by atoms with van der Waals surface area (Å²) >= 11 is 0. The Balaban J connectivity index is 1.90. The van der Waals surface area contributed by atoms with E-state index >= 15 is 0 Å². The first-order valence-electron chi connectivity index (χ1n) is 7.59. The first-order valence-corrected chi connectivity index (χ1v) is 7.59. The highest BCUT2D eigenvalue weighted by Gasteiger charge is 2.34. The number of hydrogen-bond acceptors (Lipinski definition) is 4. The summed E-state index contributed by atoms with van der Waals surface area (Å²) in [5, 5.41) is 0. The van der Waals surface area contributed by atoms with Gasteiger partial charge in [0.05, 0.1) is 13.2 Å². The van der Waals surface area contributed by atoms with Crippen LogP contribution in [0.15, 0.2) is 0 Å². The molecule has 1 unspecified atom stereocenters. The molecule has 0 aromatic carbocycles. The topological polar surface area (TPSA) is 52.6 Å². The van der Waals surface area contributed by atoms with Crippen molar-refractivity contribution in [2.75, 3.05) is 13.2 Å². The minimum absolute atomic E-state index is 0.344. The van der Waals surface area contributed by atoms with E-state index in [9.17, 15) is 9.59 Å². The molecule has 0 aromatic rings. The highest BCUT2D eigenvalue weighted by molar-refractivity contribution is 5.95. The van der Waals surface area contributed by atoms with E-state index in [0.29, 0.717) is 19.6 Å². The summed E-state index contributed by atoms with van der Waals surface area (Å²) < 4.78 is 9.84. The molecule has 0 aliphatic carbocycles. The third kappa shape index (κ3) is 6.60. The summed E-state index contributed by atoms with van der Waals surface area (Å²) in [5.74, 6) is -1.51. The van der Waals surface area contributed by atoms with Gasteiger partial charge in [0.2, 0.25) is 0 Å². The van der Waals surface area contributed by atoms with E-state index in [1.165, 1.54) is 38.5 Å². The average molecular weight is 270 g/mol. The Hall–Kier alpha value is -1.06. The normalized spacial score (nSPS) is 18.4. The van der Waals surface area contributed by atoms with Crippen molar-refractivity contribution >= 4 is 11.9 Å². The second kappa shape index (κ2) is 9.82. The molecule has 0 N–H and O–H groups in total. The smallest absolute Gasteiger partial charge is 0.320 e. The molecule has 0 bridgehead atoms. The van der Waals surface area contributed by atoms with Crippen molar-refractivity contribution in [2.24, 2.45) is 5.92 Å². The largest absolute Gasteiger partial charge is 0.465 e. The lowest BCUT2D eigenvalue weighted by atomic mass is 10.1. The molecule has 0 spiro atoms. The van der Waals surface area contributed by atoms with Crippen LogP contribution in [0.1, 0.15) is 64.7 Å². The van der Waals surface area contributed by atoms with E-state index in [0.717, 1.165) is 12.8 Å². The Morgan fingerprint density at radius 1 is 1.16 bits per heavy atom. The molecule has 19 heavy (non-hydrogen) atoms. The van der Waals surface area contributed by atoms with Crippen molar-refractivity contribution in [1.29, 1.82) is 0 Å². The van der Waals surface area contributed by atoms with Crippen LogP contribution in [0.3, 0.4) is 0 Å². The molecule has 0 radical (unpaired) electrons. The van der Waals surface area contributed by atoms with Gasteiger partial charge >= 0.3 is 11.9 Å². The van der Waals surface area contributed by atoms with E-state index in [2.05, 4.69) is 6.92 Å². The lowest BCUT2D eigenvalue weighted by molar-refractivity contribution is -0.156. The minimum atomic E-state index is -0.672. The maximum atomic E-state index is 11.5. The third-order valence-electron chi connectivity index (χ3n) is 3.46. The maximum absolute atomic E-state index is 11.5. The van der Waals surface area contributed by atoms with Crippen LogP contribution in [-0.4, -0.2) is 25.2 Å². The van der Waals surface area contributed by atoms with Gasteiger partial charge in [-0.2, -0.15) is 0 Å². The van der Waals surface area contributed by atoms with Crippen LogP contribution in [0.25, 0.3) is 0 Å². The monoisotopic (exact) mass is 270 g/mol. The predicted molar refractivity (Wildman–Crippen MR) is 72.6 cm³/mol. The number of rotatable bonds is 10. The fraction of sp³-hybridized carbons (Fsp3) is 0.867. The molecular weight excluding hydrogens is 244 g/mol. The van der Waals surface area contributed by atoms with Crippen LogP contribution in [0.2, 0.25) is 0 Å². The number of hydrogen-bond donors (Lipinski definition) is 0. The van der Waals surface area contributed by atoms with Crippen molar-refractivity contribution < 1.29 is 19.1 Å². The number of esters is 2. The quantitative estimate of drug-likeness (QED) is 0.347. The van der Waals surface area contributed by atoms with Crippen LogP contribution in [0.5, 0.6) is 0 Å². The van der Waals surface area contributed by atoms with Crippen molar-refractivity contribution in [3.05, 3.63) is 0 Å². The lowest BCUT2D eigenvalue weighted by Crippen LogP contribution is -2.22. The highest BCUT2D eigenvalue weighted by atomic mass is 16.6. The zero-order chi connectivity index (χ0) is 13.9. The summed E-state index contributed by atoms with van der Waals surface area (Å²) in [4.78, 5) is 22.7. The van der Waals surface area contributed by atoms with Crippen LogP contribution < -0.4 is 0 Å². The van der Waals surface area contributed by atoms with Gasteiger partial charge in [-0.05, 0) is 6.42 Å². The molecule has 4 nitrogen and oxygen atoms in total. The summed E-state index contributed by atoms with van der Waals surface area (Å²) in [6.07, 6.45) is 10.2. The lowest BCUT2D eigenvalue weighted by Gasteiger charge is -2.07. The molecule has 0 saturated carbocycles. The van der Waals surface area contributed by atoms with Gasteiger partial charge in [0, 0.05) is 6.42 Å². The maximum Gasteiger partial charge on any atom is 0.320 e. The molecule has 1 atom stereocenters. The predicted octanol–water partition coefficient (Wildman–Crippen LogP) is 3.23. The van der Waals surface area contributed by atoms with Gasteiger partial charge in [-0.15, -0.1) is 0 Å². The second-order valence-electron chi connectivity index (χ2n) is 5.15.